The molecule has 0 saturated heterocycles. The van der Waals surface area contributed by atoms with Crippen LogP contribution >= 0.6 is 11.3 Å². The Hall–Kier alpha value is -1.78. The fraction of sp³-hybridized carbons (Fsp3) is 0.143. The van der Waals surface area contributed by atoms with Crippen molar-refractivity contribution in [3.63, 3.8) is 0 Å². The second kappa shape index (κ2) is 4.48. The van der Waals surface area contributed by atoms with Crippen LogP contribution in [0.5, 0.6) is 0 Å². The number of aryl methyl sites for hydroxylation is 1. The first-order valence-corrected chi connectivity index (χ1v) is 6.61. The molecular formula is C14H13N3S. The molecule has 2 heterocycles. The molecule has 0 radical (unpaired) electrons. The zero-order valence-corrected chi connectivity index (χ0v) is 10.9. The minimum atomic E-state index is 0.456. The summed E-state index contributed by atoms with van der Waals surface area (Å²) in [6.45, 7) is 2.54. The number of aromatic nitrogens is 2. The number of nitrogens with two attached hydrogens (primary N) is 1. The molecule has 0 fully saturated rings. The molecule has 4 heteroatoms. The average Bonchev–Trinajstić information content (AvgIpc) is 2.84. The molecule has 0 atom stereocenters. The van der Waals surface area contributed by atoms with Crippen LogP contribution in [0.2, 0.25) is 0 Å². The minimum absolute atomic E-state index is 0.456. The van der Waals surface area contributed by atoms with Gasteiger partial charge in [-0.25, -0.2) is 4.98 Å². The maximum atomic E-state index is 5.62. The summed E-state index contributed by atoms with van der Waals surface area (Å²) in [5, 5.41) is 1.02. The van der Waals surface area contributed by atoms with E-state index >= 15 is 0 Å². The van der Waals surface area contributed by atoms with Crippen LogP contribution in [0.4, 0.5) is 0 Å². The number of fused-ring (bicyclic) bond motifs is 1. The first-order chi connectivity index (χ1) is 8.78. The molecule has 0 amide bonds. The molecule has 18 heavy (non-hydrogen) atoms. The lowest BCUT2D eigenvalue weighted by Crippen LogP contribution is -1.98. The molecule has 3 rings (SSSR count). The van der Waals surface area contributed by atoms with Crippen LogP contribution in [0.15, 0.2) is 36.5 Å². The van der Waals surface area contributed by atoms with Gasteiger partial charge in [0.05, 0.1) is 15.9 Å². The molecule has 2 N–H and O–H groups in total. The van der Waals surface area contributed by atoms with Crippen molar-refractivity contribution >= 4 is 21.6 Å². The van der Waals surface area contributed by atoms with E-state index in [2.05, 4.69) is 30.1 Å². The van der Waals surface area contributed by atoms with E-state index in [1.807, 2.05) is 12.1 Å². The third kappa shape index (κ3) is 1.89. The molecule has 0 aliphatic carbocycles. The highest BCUT2D eigenvalue weighted by Crippen LogP contribution is 2.31. The van der Waals surface area contributed by atoms with Gasteiger partial charge in [0.1, 0.15) is 5.01 Å². The van der Waals surface area contributed by atoms with Gasteiger partial charge in [-0.05, 0) is 30.7 Å². The van der Waals surface area contributed by atoms with Crippen LogP contribution in [0.3, 0.4) is 0 Å². The number of hydrogen-bond acceptors (Lipinski definition) is 4. The summed E-state index contributed by atoms with van der Waals surface area (Å²) in [5.74, 6) is 0. The smallest absolute Gasteiger partial charge is 0.124 e. The van der Waals surface area contributed by atoms with Crippen molar-refractivity contribution in [1.29, 1.82) is 0 Å². The summed E-state index contributed by atoms with van der Waals surface area (Å²) in [7, 11) is 0. The fourth-order valence-corrected chi connectivity index (χ4v) is 2.97. The van der Waals surface area contributed by atoms with Crippen LogP contribution in [-0.4, -0.2) is 9.97 Å². The van der Waals surface area contributed by atoms with E-state index in [1.165, 1.54) is 10.3 Å². The van der Waals surface area contributed by atoms with Crippen molar-refractivity contribution in [3.8, 4) is 10.6 Å². The van der Waals surface area contributed by atoms with E-state index in [-0.39, 0.29) is 0 Å². The second-order valence-electron chi connectivity index (χ2n) is 4.18. The van der Waals surface area contributed by atoms with Crippen molar-refractivity contribution in [2.24, 2.45) is 5.73 Å². The lowest BCUT2D eigenvalue weighted by molar-refractivity contribution is 0.991. The number of thiazole rings is 1. The predicted molar refractivity (Wildman–Crippen MR) is 75.5 cm³/mol. The van der Waals surface area contributed by atoms with E-state index in [1.54, 1.807) is 17.5 Å². The number of hydrogen-bond donors (Lipinski definition) is 1. The van der Waals surface area contributed by atoms with E-state index in [0.29, 0.717) is 6.54 Å². The second-order valence-corrected chi connectivity index (χ2v) is 5.21. The zero-order valence-electron chi connectivity index (χ0n) is 10.1. The summed E-state index contributed by atoms with van der Waals surface area (Å²) in [6.07, 6.45) is 1.79. The lowest BCUT2D eigenvalue weighted by atomic mass is 10.2. The standard InChI is InChI=1S/C14H13N3S/c1-9-3-2-4-12-13(9)17-14(18-12)10-5-6-16-11(7-10)8-15/h2-7H,8,15H2,1H3. The fourth-order valence-electron chi connectivity index (χ4n) is 1.93. The van der Waals surface area contributed by atoms with Gasteiger partial charge in [0.15, 0.2) is 0 Å². The number of nitrogens with zero attached hydrogens (tertiary/aromatic N) is 2. The van der Waals surface area contributed by atoms with E-state index in [4.69, 9.17) is 10.7 Å². The maximum Gasteiger partial charge on any atom is 0.124 e. The summed E-state index contributed by atoms with van der Waals surface area (Å²) >= 11 is 1.70. The average molecular weight is 255 g/mol. The highest BCUT2D eigenvalue weighted by atomic mass is 32.1. The summed E-state index contributed by atoms with van der Waals surface area (Å²) in [5.41, 5.74) is 9.90. The van der Waals surface area contributed by atoms with Crippen LogP contribution in [0.1, 0.15) is 11.3 Å². The SMILES string of the molecule is Cc1cccc2sc(-c3ccnc(CN)c3)nc12. The molecule has 1 aromatic carbocycles. The van der Waals surface area contributed by atoms with Crippen molar-refractivity contribution in [1.82, 2.24) is 9.97 Å². The molecule has 3 aromatic rings. The molecular weight excluding hydrogens is 242 g/mol. The predicted octanol–water partition coefficient (Wildman–Crippen LogP) is 3.13. The van der Waals surface area contributed by atoms with Gasteiger partial charge in [-0.1, -0.05) is 12.1 Å². The number of para-hydroxylation sites is 1. The quantitative estimate of drug-likeness (QED) is 0.765. The maximum absolute atomic E-state index is 5.62. The summed E-state index contributed by atoms with van der Waals surface area (Å²) in [4.78, 5) is 8.91. The van der Waals surface area contributed by atoms with Crippen LogP contribution in [0, 0.1) is 6.92 Å². The first kappa shape index (κ1) is 11.3. The van der Waals surface area contributed by atoms with Crippen LogP contribution in [-0.2, 0) is 6.54 Å². The van der Waals surface area contributed by atoms with Gasteiger partial charge in [0.2, 0.25) is 0 Å². The van der Waals surface area contributed by atoms with Gasteiger partial charge in [0, 0.05) is 18.3 Å². The van der Waals surface area contributed by atoms with Crippen molar-refractivity contribution in [2.45, 2.75) is 13.5 Å². The summed E-state index contributed by atoms with van der Waals surface area (Å²) in [6, 6.07) is 10.2. The van der Waals surface area contributed by atoms with Crippen molar-refractivity contribution < 1.29 is 0 Å². The van der Waals surface area contributed by atoms with E-state index < -0.39 is 0 Å². The molecule has 0 aliphatic rings. The molecule has 0 aliphatic heterocycles. The Morgan fingerprint density at radius 1 is 1.28 bits per heavy atom. The highest BCUT2D eigenvalue weighted by molar-refractivity contribution is 7.21. The summed E-state index contributed by atoms with van der Waals surface area (Å²) < 4.78 is 1.22. The Kier molecular flexibility index (Phi) is 2.81. The lowest BCUT2D eigenvalue weighted by Gasteiger charge is -1.98. The molecule has 0 saturated carbocycles. The molecule has 3 nitrogen and oxygen atoms in total. The Morgan fingerprint density at radius 3 is 2.94 bits per heavy atom. The number of pyridine rings is 1. The van der Waals surface area contributed by atoms with Crippen molar-refractivity contribution in [3.05, 3.63) is 47.8 Å². The molecule has 0 spiro atoms. The van der Waals surface area contributed by atoms with Gasteiger partial charge in [-0.3, -0.25) is 4.98 Å². The van der Waals surface area contributed by atoms with Crippen LogP contribution in [0.25, 0.3) is 20.8 Å². The molecule has 0 unspecified atom stereocenters. The van der Waals surface area contributed by atoms with Gasteiger partial charge in [-0.2, -0.15) is 0 Å². The number of benzene rings is 1. The van der Waals surface area contributed by atoms with Gasteiger partial charge < -0.3 is 5.73 Å². The third-order valence-corrected chi connectivity index (χ3v) is 3.96. The zero-order chi connectivity index (χ0) is 12.5. The molecule has 90 valence electrons. The monoisotopic (exact) mass is 255 g/mol. The van der Waals surface area contributed by atoms with E-state index in [0.717, 1.165) is 21.8 Å². The Bertz CT molecular complexity index is 703. The van der Waals surface area contributed by atoms with Gasteiger partial charge >= 0.3 is 0 Å². The number of rotatable bonds is 2. The first-order valence-electron chi connectivity index (χ1n) is 5.79. The van der Waals surface area contributed by atoms with Gasteiger partial charge in [0.25, 0.3) is 0 Å². The molecule has 0 bridgehead atoms. The highest BCUT2D eigenvalue weighted by Gasteiger charge is 2.08. The van der Waals surface area contributed by atoms with Crippen LogP contribution < -0.4 is 5.73 Å². The van der Waals surface area contributed by atoms with E-state index in [9.17, 15) is 0 Å². The Balaban J connectivity index is 2.16. The Morgan fingerprint density at radius 2 is 2.17 bits per heavy atom. The largest absolute Gasteiger partial charge is 0.325 e. The Labute approximate surface area is 109 Å². The van der Waals surface area contributed by atoms with Crippen molar-refractivity contribution in [2.75, 3.05) is 0 Å². The normalized spacial score (nSPS) is 11.0. The topological polar surface area (TPSA) is 51.8 Å². The molecule has 2 aromatic heterocycles. The van der Waals surface area contributed by atoms with Gasteiger partial charge in [-0.15, -0.1) is 11.3 Å². The minimum Gasteiger partial charge on any atom is -0.325 e. The third-order valence-electron chi connectivity index (χ3n) is 2.89.